The molecule has 2 heterocycles. The topological polar surface area (TPSA) is 45.2 Å². The van der Waals surface area contributed by atoms with E-state index in [1.54, 1.807) is 25.1 Å². The number of halogens is 5. The molecule has 0 unspecified atom stereocenters. The summed E-state index contributed by atoms with van der Waals surface area (Å²) in [5.41, 5.74) is 0.862. The largest absolute Gasteiger partial charge is 0.350 e. The van der Waals surface area contributed by atoms with Gasteiger partial charge in [0.1, 0.15) is 17.5 Å². The Morgan fingerprint density at radius 1 is 1.19 bits per heavy atom. The number of nitrogens with zero attached hydrogens (tertiary/aromatic N) is 2. The van der Waals surface area contributed by atoms with Crippen LogP contribution < -0.4 is 10.2 Å². The van der Waals surface area contributed by atoms with Crippen LogP contribution in [0.3, 0.4) is 0 Å². The van der Waals surface area contributed by atoms with E-state index >= 15 is 0 Å². The molecule has 1 aromatic heterocycles. The highest BCUT2D eigenvalue weighted by Crippen LogP contribution is 2.35. The molecule has 3 aromatic rings. The molecule has 1 aliphatic rings. The van der Waals surface area contributed by atoms with E-state index in [0.29, 0.717) is 45.8 Å². The summed E-state index contributed by atoms with van der Waals surface area (Å²) in [6.07, 6.45) is 0.106. The normalized spacial score (nSPS) is 15.9. The number of anilines is 2. The molecule has 0 radical (unpaired) electrons. The monoisotopic (exact) mass is 495 g/mol. The SMILES string of the molecule is Cc1c(N2CCCC(F)(F)C2)nc2ccc(Br)cc2c1C(=O)Nc1ccc(F)cc1F. The van der Waals surface area contributed by atoms with Crippen LogP contribution in [-0.4, -0.2) is 29.9 Å². The highest BCUT2D eigenvalue weighted by Gasteiger charge is 2.36. The van der Waals surface area contributed by atoms with Crippen LogP contribution in [0.25, 0.3) is 10.9 Å². The number of fused-ring (bicyclic) bond motifs is 1. The summed E-state index contributed by atoms with van der Waals surface area (Å²) in [6.45, 7) is 1.53. The van der Waals surface area contributed by atoms with Crippen LogP contribution in [0.15, 0.2) is 40.9 Å². The Labute approximate surface area is 184 Å². The van der Waals surface area contributed by atoms with Crippen molar-refractivity contribution in [3.63, 3.8) is 0 Å². The number of alkyl halides is 2. The van der Waals surface area contributed by atoms with Gasteiger partial charge in [0.05, 0.1) is 23.3 Å². The average molecular weight is 496 g/mol. The van der Waals surface area contributed by atoms with Crippen LogP contribution in [0.1, 0.15) is 28.8 Å². The van der Waals surface area contributed by atoms with Crippen LogP contribution in [0.4, 0.5) is 29.1 Å². The lowest BCUT2D eigenvalue weighted by molar-refractivity contribution is -0.0118. The van der Waals surface area contributed by atoms with Crippen molar-refractivity contribution in [3.05, 3.63) is 63.6 Å². The fraction of sp³-hybridized carbons (Fsp3) is 0.273. The van der Waals surface area contributed by atoms with Crippen molar-refractivity contribution >= 4 is 44.2 Å². The van der Waals surface area contributed by atoms with Gasteiger partial charge in [0, 0.05) is 34.5 Å². The predicted molar refractivity (Wildman–Crippen MR) is 115 cm³/mol. The van der Waals surface area contributed by atoms with Crippen molar-refractivity contribution in [2.75, 3.05) is 23.3 Å². The lowest BCUT2D eigenvalue weighted by Gasteiger charge is -2.34. The molecule has 1 aliphatic heterocycles. The van der Waals surface area contributed by atoms with Gasteiger partial charge >= 0.3 is 0 Å². The van der Waals surface area contributed by atoms with Crippen LogP contribution in [0, 0.1) is 18.6 Å². The molecule has 9 heteroatoms. The molecule has 4 rings (SSSR count). The van der Waals surface area contributed by atoms with E-state index in [-0.39, 0.29) is 17.7 Å². The third kappa shape index (κ3) is 4.37. The third-order valence-corrected chi connectivity index (χ3v) is 5.76. The lowest BCUT2D eigenvalue weighted by atomic mass is 10.0. The Kier molecular flexibility index (Phi) is 5.63. The van der Waals surface area contributed by atoms with Crippen molar-refractivity contribution < 1.29 is 22.4 Å². The second-order valence-corrected chi connectivity index (χ2v) is 8.47. The first-order valence-corrected chi connectivity index (χ1v) is 10.4. The van der Waals surface area contributed by atoms with Crippen molar-refractivity contribution in [2.45, 2.75) is 25.7 Å². The maximum Gasteiger partial charge on any atom is 0.265 e. The maximum atomic E-state index is 14.1. The minimum Gasteiger partial charge on any atom is -0.350 e. The molecule has 2 aromatic carbocycles. The zero-order chi connectivity index (χ0) is 22.3. The quantitative estimate of drug-likeness (QED) is 0.448. The fourth-order valence-corrected chi connectivity index (χ4v) is 4.20. The van der Waals surface area contributed by atoms with Gasteiger partial charge in [-0.15, -0.1) is 0 Å². The van der Waals surface area contributed by atoms with E-state index < -0.39 is 30.0 Å². The van der Waals surface area contributed by atoms with E-state index in [1.165, 1.54) is 4.90 Å². The number of piperidine rings is 1. The fourth-order valence-electron chi connectivity index (χ4n) is 3.84. The van der Waals surface area contributed by atoms with E-state index in [9.17, 15) is 22.4 Å². The molecule has 1 N–H and O–H groups in total. The van der Waals surface area contributed by atoms with Crippen LogP contribution in [0.2, 0.25) is 0 Å². The molecule has 0 aliphatic carbocycles. The summed E-state index contributed by atoms with van der Waals surface area (Å²) < 4.78 is 56.1. The average Bonchev–Trinajstić information content (AvgIpc) is 2.68. The molecule has 0 spiro atoms. The van der Waals surface area contributed by atoms with Crippen molar-refractivity contribution in [2.24, 2.45) is 0 Å². The number of pyridine rings is 1. The zero-order valence-corrected chi connectivity index (χ0v) is 18.1. The van der Waals surface area contributed by atoms with Gasteiger partial charge in [0.25, 0.3) is 11.8 Å². The summed E-state index contributed by atoms with van der Waals surface area (Å²) in [4.78, 5) is 19.2. The van der Waals surface area contributed by atoms with Gasteiger partial charge in [-0.1, -0.05) is 15.9 Å². The second-order valence-electron chi connectivity index (χ2n) is 7.56. The number of benzene rings is 2. The zero-order valence-electron chi connectivity index (χ0n) is 16.5. The summed E-state index contributed by atoms with van der Waals surface area (Å²) in [6, 6.07) is 7.95. The molecular formula is C22H18BrF4N3O. The summed E-state index contributed by atoms with van der Waals surface area (Å²) in [5.74, 6) is -4.88. The Morgan fingerprint density at radius 3 is 2.68 bits per heavy atom. The number of aromatic nitrogens is 1. The Morgan fingerprint density at radius 2 is 1.97 bits per heavy atom. The molecule has 0 atom stereocenters. The number of hydrogen-bond donors (Lipinski definition) is 1. The van der Waals surface area contributed by atoms with Gasteiger partial charge < -0.3 is 10.2 Å². The van der Waals surface area contributed by atoms with E-state index in [0.717, 1.165) is 12.1 Å². The molecule has 1 fully saturated rings. The molecule has 1 amide bonds. The first-order valence-electron chi connectivity index (χ1n) is 9.64. The Hall–Kier alpha value is -2.68. The summed E-state index contributed by atoms with van der Waals surface area (Å²) in [7, 11) is 0. The number of rotatable bonds is 3. The molecular weight excluding hydrogens is 478 g/mol. The summed E-state index contributed by atoms with van der Waals surface area (Å²) >= 11 is 3.37. The highest BCUT2D eigenvalue weighted by atomic mass is 79.9. The smallest absolute Gasteiger partial charge is 0.265 e. The standard InChI is InChI=1S/C22H18BrF4N3O/c1-12-19(21(31)29-18-6-4-14(24)10-16(18)25)15-9-13(23)3-5-17(15)28-20(12)30-8-2-7-22(26,27)11-30/h3-6,9-10H,2,7-8,11H2,1H3,(H,29,31). The molecule has 0 saturated carbocycles. The van der Waals surface area contributed by atoms with Gasteiger partial charge in [0.15, 0.2) is 0 Å². The van der Waals surface area contributed by atoms with Crippen molar-refractivity contribution in [1.82, 2.24) is 4.98 Å². The minimum absolute atomic E-state index is 0.184. The molecule has 4 nitrogen and oxygen atoms in total. The van der Waals surface area contributed by atoms with Crippen molar-refractivity contribution in [3.8, 4) is 0 Å². The lowest BCUT2D eigenvalue weighted by Crippen LogP contribution is -2.43. The van der Waals surface area contributed by atoms with E-state index in [2.05, 4.69) is 26.2 Å². The van der Waals surface area contributed by atoms with Gasteiger partial charge in [-0.2, -0.15) is 0 Å². The number of amides is 1. The highest BCUT2D eigenvalue weighted by molar-refractivity contribution is 9.10. The maximum absolute atomic E-state index is 14.1. The van der Waals surface area contributed by atoms with Gasteiger partial charge in [-0.3, -0.25) is 4.79 Å². The van der Waals surface area contributed by atoms with Gasteiger partial charge in [-0.05, 0) is 43.7 Å². The Bertz CT molecular complexity index is 1190. The third-order valence-electron chi connectivity index (χ3n) is 5.26. The van der Waals surface area contributed by atoms with Gasteiger partial charge in [-0.25, -0.2) is 22.5 Å². The second kappa shape index (κ2) is 8.11. The Balaban J connectivity index is 1.83. The number of carbonyl (C=O) groups excluding carboxylic acids is 1. The van der Waals surface area contributed by atoms with Crippen molar-refractivity contribution in [1.29, 1.82) is 0 Å². The molecule has 0 bridgehead atoms. The molecule has 31 heavy (non-hydrogen) atoms. The van der Waals surface area contributed by atoms with Crippen LogP contribution in [0.5, 0.6) is 0 Å². The van der Waals surface area contributed by atoms with E-state index in [4.69, 9.17) is 0 Å². The minimum atomic E-state index is -2.85. The number of hydrogen-bond acceptors (Lipinski definition) is 3. The van der Waals surface area contributed by atoms with E-state index in [1.807, 2.05) is 0 Å². The summed E-state index contributed by atoms with van der Waals surface area (Å²) in [5, 5.41) is 2.95. The number of nitrogens with one attached hydrogen (secondary N) is 1. The predicted octanol–water partition coefficient (Wildman–Crippen LogP) is 6.07. The van der Waals surface area contributed by atoms with Gasteiger partial charge in [0.2, 0.25) is 0 Å². The first kappa shape index (κ1) is 21.5. The molecule has 1 saturated heterocycles. The first-order chi connectivity index (χ1) is 14.6. The van der Waals surface area contributed by atoms with Crippen LogP contribution in [-0.2, 0) is 0 Å². The molecule has 162 valence electrons. The number of carbonyl (C=O) groups is 1. The van der Waals surface area contributed by atoms with Crippen LogP contribution >= 0.6 is 15.9 Å².